The molecule has 1 aromatic rings. The number of rotatable bonds is 6. The van der Waals surface area contributed by atoms with Gasteiger partial charge in [0.1, 0.15) is 5.75 Å². The summed E-state index contributed by atoms with van der Waals surface area (Å²) in [5.41, 5.74) is 1.49. The second-order valence-corrected chi connectivity index (χ2v) is 3.66. The summed E-state index contributed by atoms with van der Waals surface area (Å²) in [6.45, 7) is 5.80. The van der Waals surface area contributed by atoms with Crippen molar-refractivity contribution in [2.75, 3.05) is 13.7 Å². The maximum absolute atomic E-state index is 11.7. The van der Waals surface area contributed by atoms with Gasteiger partial charge in [0, 0.05) is 5.57 Å². The molecular weight excluding hydrogens is 228 g/mol. The fourth-order valence-corrected chi connectivity index (χ4v) is 1.51. The summed E-state index contributed by atoms with van der Waals surface area (Å²) in [5, 5.41) is 0. The maximum atomic E-state index is 11.7. The summed E-state index contributed by atoms with van der Waals surface area (Å²) >= 11 is 0. The number of esters is 1. The van der Waals surface area contributed by atoms with Gasteiger partial charge in [0.2, 0.25) is 0 Å². The lowest BCUT2D eigenvalue weighted by Gasteiger charge is -2.05. The fraction of sp³-hybridized carbons (Fsp3) is 0.267. The van der Waals surface area contributed by atoms with Gasteiger partial charge in [0.05, 0.1) is 13.7 Å². The molecule has 3 nitrogen and oxygen atoms in total. The van der Waals surface area contributed by atoms with Crippen molar-refractivity contribution >= 4 is 12.0 Å². The van der Waals surface area contributed by atoms with Crippen LogP contribution in [0.5, 0.6) is 5.75 Å². The van der Waals surface area contributed by atoms with Crippen molar-refractivity contribution in [3.05, 3.63) is 48.1 Å². The molecule has 0 aromatic heterocycles. The third-order valence-corrected chi connectivity index (χ3v) is 2.34. The molecule has 0 saturated heterocycles. The van der Waals surface area contributed by atoms with Gasteiger partial charge in [-0.25, -0.2) is 4.79 Å². The number of hydrogen-bond acceptors (Lipinski definition) is 3. The van der Waals surface area contributed by atoms with Crippen molar-refractivity contribution < 1.29 is 14.3 Å². The van der Waals surface area contributed by atoms with Crippen LogP contribution < -0.4 is 4.74 Å². The summed E-state index contributed by atoms with van der Waals surface area (Å²) in [5.74, 6) is 0.450. The number of hydrogen-bond donors (Lipinski definition) is 0. The third kappa shape index (κ3) is 4.09. The Kier molecular flexibility index (Phi) is 5.71. The molecule has 0 heterocycles. The van der Waals surface area contributed by atoms with Crippen LogP contribution in [0, 0.1) is 0 Å². The first-order valence-electron chi connectivity index (χ1n) is 5.84. The molecule has 0 unspecified atom stereocenters. The smallest absolute Gasteiger partial charge is 0.334 e. The Morgan fingerprint density at radius 1 is 1.44 bits per heavy atom. The number of allylic oxidation sites excluding steroid dienone is 1. The topological polar surface area (TPSA) is 35.5 Å². The Bertz CT molecular complexity index is 447. The van der Waals surface area contributed by atoms with Crippen LogP contribution in [0.15, 0.2) is 42.5 Å². The summed E-state index contributed by atoms with van der Waals surface area (Å²) in [7, 11) is 1.61. The Hall–Kier alpha value is -2.03. The number of benzene rings is 1. The molecule has 1 aromatic carbocycles. The molecule has 0 saturated carbocycles. The normalized spacial score (nSPS) is 10.9. The highest BCUT2D eigenvalue weighted by atomic mass is 16.5. The van der Waals surface area contributed by atoms with Crippen LogP contribution in [0.3, 0.4) is 0 Å². The van der Waals surface area contributed by atoms with Crippen molar-refractivity contribution in [2.24, 2.45) is 0 Å². The first kappa shape index (κ1) is 14.0. The molecule has 0 aliphatic rings. The van der Waals surface area contributed by atoms with E-state index < -0.39 is 0 Å². The average molecular weight is 246 g/mol. The van der Waals surface area contributed by atoms with E-state index in [1.54, 1.807) is 26.2 Å². The highest BCUT2D eigenvalue weighted by Crippen LogP contribution is 2.17. The van der Waals surface area contributed by atoms with Gasteiger partial charge in [-0.05, 0) is 37.1 Å². The van der Waals surface area contributed by atoms with E-state index in [0.29, 0.717) is 18.6 Å². The monoisotopic (exact) mass is 246 g/mol. The second-order valence-electron chi connectivity index (χ2n) is 3.66. The molecule has 0 fully saturated rings. The molecule has 0 amide bonds. The van der Waals surface area contributed by atoms with Crippen molar-refractivity contribution in [3.8, 4) is 5.75 Å². The van der Waals surface area contributed by atoms with Crippen LogP contribution in [0.2, 0.25) is 0 Å². The summed E-state index contributed by atoms with van der Waals surface area (Å²) in [6.07, 6.45) is 3.96. The Labute approximate surface area is 108 Å². The van der Waals surface area contributed by atoms with Gasteiger partial charge in [-0.1, -0.05) is 18.2 Å². The van der Waals surface area contributed by atoms with Crippen molar-refractivity contribution in [1.29, 1.82) is 0 Å². The molecule has 0 bridgehead atoms. The van der Waals surface area contributed by atoms with Crippen LogP contribution in [0.4, 0.5) is 0 Å². The Morgan fingerprint density at radius 3 is 2.83 bits per heavy atom. The van der Waals surface area contributed by atoms with Crippen molar-refractivity contribution in [2.45, 2.75) is 13.3 Å². The van der Waals surface area contributed by atoms with Crippen LogP contribution in [-0.4, -0.2) is 19.7 Å². The van der Waals surface area contributed by atoms with Crippen LogP contribution >= 0.6 is 0 Å². The molecule has 0 atom stereocenters. The highest BCUT2D eigenvalue weighted by Gasteiger charge is 2.08. The van der Waals surface area contributed by atoms with Gasteiger partial charge in [-0.15, -0.1) is 6.58 Å². The van der Waals surface area contributed by atoms with E-state index in [-0.39, 0.29) is 5.97 Å². The molecule has 0 N–H and O–H groups in total. The summed E-state index contributed by atoms with van der Waals surface area (Å²) in [6, 6.07) is 7.50. The number of methoxy groups -OCH3 is 1. The van der Waals surface area contributed by atoms with E-state index in [9.17, 15) is 4.79 Å². The zero-order chi connectivity index (χ0) is 13.4. The maximum Gasteiger partial charge on any atom is 0.334 e. The molecule has 0 spiro atoms. The lowest BCUT2D eigenvalue weighted by molar-refractivity contribution is -0.138. The molecule has 0 aliphatic carbocycles. The zero-order valence-electron chi connectivity index (χ0n) is 10.8. The number of carbonyl (C=O) groups is 1. The van der Waals surface area contributed by atoms with Crippen LogP contribution in [0.1, 0.15) is 18.9 Å². The first-order valence-corrected chi connectivity index (χ1v) is 5.84. The first-order chi connectivity index (χ1) is 8.71. The molecule has 1 rings (SSSR count). The molecule has 0 radical (unpaired) electrons. The van der Waals surface area contributed by atoms with E-state index in [0.717, 1.165) is 11.3 Å². The number of carbonyl (C=O) groups excluding carboxylic acids is 1. The lowest BCUT2D eigenvalue weighted by Crippen LogP contribution is -2.07. The van der Waals surface area contributed by atoms with Crippen molar-refractivity contribution in [3.63, 3.8) is 0 Å². The second kappa shape index (κ2) is 7.33. The van der Waals surface area contributed by atoms with Gasteiger partial charge in [-0.2, -0.15) is 0 Å². The largest absolute Gasteiger partial charge is 0.497 e. The minimum atomic E-state index is -0.305. The van der Waals surface area contributed by atoms with Crippen molar-refractivity contribution in [1.82, 2.24) is 0 Å². The fourth-order valence-electron chi connectivity index (χ4n) is 1.51. The van der Waals surface area contributed by atoms with E-state index in [1.807, 2.05) is 24.3 Å². The van der Waals surface area contributed by atoms with Gasteiger partial charge in [0.25, 0.3) is 0 Å². The van der Waals surface area contributed by atoms with Gasteiger partial charge in [0.15, 0.2) is 0 Å². The standard InChI is InChI=1S/C15H18O3/c1-4-7-13(15(16)18-5-2)10-12-8-6-9-14(11-12)17-3/h4,6,8-11H,1,5,7H2,2-3H3/b13-10+. The molecule has 3 heteroatoms. The third-order valence-electron chi connectivity index (χ3n) is 2.34. The predicted octanol–water partition coefficient (Wildman–Crippen LogP) is 3.22. The number of ether oxygens (including phenoxy) is 2. The Morgan fingerprint density at radius 2 is 2.22 bits per heavy atom. The van der Waals surface area contributed by atoms with Gasteiger partial charge < -0.3 is 9.47 Å². The molecule has 0 aliphatic heterocycles. The van der Waals surface area contributed by atoms with E-state index >= 15 is 0 Å². The summed E-state index contributed by atoms with van der Waals surface area (Å²) < 4.78 is 10.1. The van der Waals surface area contributed by atoms with E-state index in [1.165, 1.54) is 0 Å². The minimum Gasteiger partial charge on any atom is -0.497 e. The predicted molar refractivity (Wildman–Crippen MR) is 72.4 cm³/mol. The molecule has 96 valence electrons. The SMILES string of the molecule is C=CC/C(=C\c1cccc(OC)c1)C(=O)OCC. The van der Waals surface area contributed by atoms with E-state index in [2.05, 4.69) is 6.58 Å². The van der Waals surface area contributed by atoms with Crippen LogP contribution in [0.25, 0.3) is 6.08 Å². The van der Waals surface area contributed by atoms with Gasteiger partial charge >= 0.3 is 5.97 Å². The average Bonchev–Trinajstić information content (AvgIpc) is 2.39. The van der Waals surface area contributed by atoms with E-state index in [4.69, 9.17) is 9.47 Å². The Balaban J connectivity index is 2.99. The minimum absolute atomic E-state index is 0.305. The molecule has 18 heavy (non-hydrogen) atoms. The lowest BCUT2D eigenvalue weighted by atomic mass is 10.1. The zero-order valence-corrected chi connectivity index (χ0v) is 10.8. The highest BCUT2D eigenvalue weighted by molar-refractivity contribution is 5.94. The molecular formula is C15H18O3. The van der Waals surface area contributed by atoms with Crippen LogP contribution in [-0.2, 0) is 9.53 Å². The quantitative estimate of drug-likeness (QED) is 0.439. The van der Waals surface area contributed by atoms with Gasteiger partial charge in [-0.3, -0.25) is 0 Å². The summed E-state index contributed by atoms with van der Waals surface area (Å²) in [4.78, 5) is 11.7.